The third kappa shape index (κ3) is 4.45. The summed E-state index contributed by atoms with van der Waals surface area (Å²) >= 11 is 3.29. The molecule has 0 aliphatic heterocycles. The van der Waals surface area contributed by atoms with Crippen LogP contribution in [0.1, 0.15) is 27.8 Å². The highest BCUT2D eigenvalue weighted by Gasteiger charge is 2.39. The predicted octanol–water partition coefficient (Wildman–Crippen LogP) is 7.42. The number of fused-ring (bicyclic) bond motifs is 1. The Morgan fingerprint density at radius 1 is 1.00 bits per heavy atom. The van der Waals surface area contributed by atoms with E-state index in [1.165, 1.54) is 34.8 Å². The Balaban J connectivity index is 1.71. The fourth-order valence-electron chi connectivity index (χ4n) is 3.97. The van der Waals surface area contributed by atoms with Crippen LogP contribution < -0.4 is 0 Å². The van der Waals surface area contributed by atoms with E-state index in [1.807, 2.05) is 18.2 Å². The van der Waals surface area contributed by atoms with Crippen molar-refractivity contribution in [2.75, 3.05) is 6.66 Å². The number of para-hydroxylation sites is 1. The Bertz CT molecular complexity index is 1220. The van der Waals surface area contributed by atoms with E-state index in [1.54, 1.807) is 12.1 Å². The maximum Gasteiger partial charge on any atom is 0.314 e. The number of halogens is 3. The van der Waals surface area contributed by atoms with Gasteiger partial charge < -0.3 is 9.46 Å². The van der Waals surface area contributed by atoms with Crippen LogP contribution in [-0.4, -0.2) is 16.1 Å². The fraction of sp³-hybridized carbons (Fsp3) is 0.200. The molecular weight excluding hydrogens is 479 g/mol. The number of aryl methyl sites for hydroxylation is 1. The molecule has 0 saturated heterocycles. The molecule has 1 aromatic heterocycles. The molecule has 160 valence electrons. The minimum Gasteiger partial charge on any atom is -0.368 e. The molecule has 3 aromatic carbocycles. The van der Waals surface area contributed by atoms with Gasteiger partial charge in [0.2, 0.25) is 0 Å². The second-order valence-corrected chi connectivity index (χ2v) is 10.3. The van der Waals surface area contributed by atoms with Crippen LogP contribution in [-0.2, 0) is 18.6 Å². The van der Waals surface area contributed by atoms with Gasteiger partial charge in [0.15, 0.2) is 0 Å². The SMILES string of the molecule is Cc1cccc2c(Cc3ccccc3)cn(Cc3ccc(C(F)(F)P(C)O)c(Br)c3)c12. The molecule has 1 unspecified atom stereocenters. The zero-order valence-electron chi connectivity index (χ0n) is 17.3. The first-order valence-corrected chi connectivity index (χ1v) is 12.5. The van der Waals surface area contributed by atoms with E-state index in [0.29, 0.717) is 11.0 Å². The van der Waals surface area contributed by atoms with Gasteiger partial charge in [0.05, 0.1) is 5.52 Å². The first kappa shape index (κ1) is 22.1. The Morgan fingerprint density at radius 3 is 2.42 bits per heavy atom. The summed E-state index contributed by atoms with van der Waals surface area (Å²) in [5.74, 6) is 0. The molecule has 0 radical (unpaired) electrons. The van der Waals surface area contributed by atoms with E-state index < -0.39 is 13.8 Å². The van der Waals surface area contributed by atoms with E-state index in [-0.39, 0.29) is 5.56 Å². The molecule has 4 aromatic rings. The number of alkyl halides is 2. The number of rotatable bonds is 6. The summed E-state index contributed by atoms with van der Waals surface area (Å²) in [5.41, 5.74) is 2.32. The lowest BCUT2D eigenvalue weighted by Gasteiger charge is -2.21. The van der Waals surface area contributed by atoms with Gasteiger partial charge in [0.1, 0.15) is 8.15 Å². The van der Waals surface area contributed by atoms with Gasteiger partial charge in [-0.1, -0.05) is 76.6 Å². The minimum absolute atomic E-state index is 0.175. The smallest absolute Gasteiger partial charge is 0.314 e. The third-order valence-corrected chi connectivity index (χ3v) is 7.25. The maximum atomic E-state index is 14.3. The van der Waals surface area contributed by atoms with E-state index >= 15 is 0 Å². The predicted molar refractivity (Wildman–Crippen MR) is 128 cm³/mol. The molecule has 0 saturated carbocycles. The number of aromatic nitrogens is 1. The molecule has 0 spiro atoms. The molecule has 0 amide bonds. The second kappa shape index (κ2) is 8.82. The van der Waals surface area contributed by atoms with E-state index in [4.69, 9.17) is 0 Å². The largest absolute Gasteiger partial charge is 0.368 e. The molecule has 0 aliphatic rings. The van der Waals surface area contributed by atoms with Crippen molar-refractivity contribution in [3.8, 4) is 0 Å². The third-order valence-electron chi connectivity index (χ3n) is 5.54. The summed E-state index contributed by atoms with van der Waals surface area (Å²) in [6.45, 7) is 3.83. The fourth-order valence-corrected chi connectivity index (χ4v) is 5.35. The summed E-state index contributed by atoms with van der Waals surface area (Å²) in [5, 5.41) is 1.21. The van der Waals surface area contributed by atoms with E-state index in [0.717, 1.165) is 17.5 Å². The van der Waals surface area contributed by atoms with Gasteiger partial charge >= 0.3 is 5.66 Å². The van der Waals surface area contributed by atoms with Gasteiger partial charge in [-0.05, 0) is 48.3 Å². The molecule has 31 heavy (non-hydrogen) atoms. The lowest BCUT2D eigenvalue weighted by atomic mass is 10.0. The lowest BCUT2D eigenvalue weighted by molar-refractivity contribution is 0.0867. The normalized spacial score (nSPS) is 13.0. The quantitative estimate of drug-likeness (QED) is 0.273. The summed E-state index contributed by atoms with van der Waals surface area (Å²) in [6.07, 6.45) is 3.00. The summed E-state index contributed by atoms with van der Waals surface area (Å²) in [4.78, 5) is 9.53. The van der Waals surface area contributed by atoms with Crippen molar-refractivity contribution in [2.24, 2.45) is 0 Å². The van der Waals surface area contributed by atoms with Crippen LogP contribution in [0.3, 0.4) is 0 Å². The Hall–Kier alpha value is -2.07. The molecule has 1 heterocycles. The van der Waals surface area contributed by atoms with Gasteiger partial charge in [-0.3, -0.25) is 0 Å². The monoisotopic (exact) mass is 501 g/mol. The molecule has 0 bridgehead atoms. The van der Waals surface area contributed by atoms with Crippen molar-refractivity contribution >= 4 is 35.0 Å². The first-order valence-electron chi connectivity index (χ1n) is 9.98. The van der Waals surface area contributed by atoms with Gasteiger partial charge in [0, 0.05) is 28.2 Å². The van der Waals surface area contributed by atoms with Crippen molar-refractivity contribution in [1.29, 1.82) is 0 Å². The van der Waals surface area contributed by atoms with Crippen LogP contribution >= 0.6 is 24.1 Å². The molecular formula is C25H23BrF2NOP. The number of nitrogens with zero attached hydrogens (tertiary/aromatic N) is 1. The minimum atomic E-state index is -3.24. The van der Waals surface area contributed by atoms with Crippen molar-refractivity contribution in [3.63, 3.8) is 0 Å². The van der Waals surface area contributed by atoms with E-state index in [9.17, 15) is 13.7 Å². The molecule has 2 nitrogen and oxygen atoms in total. The summed E-state index contributed by atoms with van der Waals surface area (Å²) in [7, 11) is -2.41. The van der Waals surface area contributed by atoms with Crippen molar-refractivity contribution in [1.82, 2.24) is 4.57 Å². The van der Waals surface area contributed by atoms with Crippen LogP contribution in [0.25, 0.3) is 10.9 Å². The highest BCUT2D eigenvalue weighted by atomic mass is 79.9. The molecule has 1 atom stereocenters. The molecule has 0 fully saturated rings. The Labute approximate surface area is 190 Å². The van der Waals surface area contributed by atoms with Crippen molar-refractivity contribution in [2.45, 2.75) is 25.6 Å². The summed E-state index contributed by atoms with van der Waals surface area (Å²) in [6, 6.07) is 21.5. The van der Waals surface area contributed by atoms with Crippen molar-refractivity contribution in [3.05, 3.63) is 105 Å². The maximum absolute atomic E-state index is 14.3. The van der Waals surface area contributed by atoms with Gasteiger partial charge in [-0.25, -0.2) is 0 Å². The standard InChI is InChI=1S/C25H23BrF2NOP/c1-17-7-6-10-21-20(13-18-8-4-3-5-9-18)16-29(24(17)21)15-19-11-12-22(23(26)14-19)25(27,28)31(2)30/h3-12,14,16,30H,13,15H2,1-2H3. The number of hydrogen-bond donors (Lipinski definition) is 1. The molecule has 4 rings (SSSR count). The first-order chi connectivity index (χ1) is 14.8. The zero-order valence-corrected chi connectivity index (χ0v) is 19.8. The Kier molecular flexibility index (Phi) is 6.30. The van der Waals surface area contributed by atoms with Crippen LogP contribution in [0.4, 0.5) is 8.78 Å². The van der Waals surface area contributed by atoms with E-state index in [2.05, 4.69) is 63.9 Å². The second-order valence-electron chi connectivity index (χ2n) is 7.79. The number of hydrogen-bond acceptors (Lipinski definition) is 1. The number of benzene rings is 3. The highest BCUT2D eigenvalue weighted by molar-refractivity contribution is 9.10. The summed E-state index contributed by atoms with van der Waals surface area (Å²) < 4.78 is 31.1. The van der Waals surface area contributed by atoms with Gasteiger partial charge in [0.25, 0.3) is 0 Å². The average Bonchev–Trinajstić information content (AvgIpc) is 3.07. The van der Waals surface area contributed by atoms with Crippen LogP contribution in [0.15, 0.2) is 77.4 Å². The topological polar surface area (TPSA) is 25.2 Å². The molecule has 6 heteroatoms. The van der Waals surface area contributed by atoms with Crippen molar-refractivity contribution < 1.29 is 13.7 Å². The highest BCUT2D eigenvalue weighted by Crippen LogP contribution is 2.54. The Morgan fingerprint density at radius 2 is 1.74 bits per heavy atom. The molecule has 0 aliphatic carbocycles. The van der Waals surface area contributed by atoms with Gasteiger partial charge in [-0.15, -0.1) is 0 Å². The molecule has 1 N–H and O–H groups in total. The average molecular weight is 502 g/mol. The van der Waals surface area contributed by atoms with Crippen LogP contribution in [0, 0.1) is 6.92 Å². The van der Waals surface area contributed by atoms with Crippen LogP contribution in [0.2, 0.25) is 0 Å². The van der Waals surface area contributed by atoms with Crippen LogP contribution in [0.5, 0.6) is 0 Å². The lowest BCUT2D eigenvalue weighted by Crippen LogP contribution is -2.11. The van der Waals surface area contributed by atoms with Gasteiger partial charge in [-0.2, -0.15) is 8.78 Å². The zero-order chi connectivity index (χ0) is 22.2.